The van der Waals surface area contributed by atoms with Crippen molar-refractivity contribution in [3.8, 4) is 11.6 Å². The van der Waals surface area contributed by atoms with Crippen molar-refractivity contribution < 1.29 is 19.4 Å². The molecule has 1 heterocycles. The summed E-state index contributed by atoms with van der Waals surface area (Å²) in [7, 11) is 1.59. The monoisotopic (exact) mass is 246 g/mol. The normalized spacial score (nSPS) is 10.1. The Morgan fingerprint density at radius 3 is 2.83 bits per heavy atom. The molecule has 1 aromatic carbocycles. The molecule has 0 atom stereocenters. The van der Waals surface area contributed by atoms with Crippen molar-refractivity contribution in [3.05, 3.63) is 41.6 Å². The molecular weight excluding hydrogens is 236 g/mol. The van der Waals surface area contributed by atoms with Crippen molar-refractivity contribution >= 4 is 12.3 Å². The lowest BCUT2D eigenvalue weighted by Crippen LogP contribution is -1.98. The molecule has 0 saturated carbocycles. The van der Waals surface area contributed by atoms with Gasteiger partial charge in [-0.25, -0.2) is 4.79 Å². The van der Waals surface area contributed by atoms with Crippen LogP contribution in [0.4, 0.5) is 0 Å². The summed E-state index contributed by atoms with van der Waals surface area (Å²) in [6, 6.07) is 6.52. The smallest absolute Gasteiger partial charge is 0.342 e. The minimum atomic E-state index is -1.14. The van der Waals surface area contributed by atoms with E-state index in [1.807, 2.05) is 0 Å². The van der Waals surface area contributed by atoms with Crippen LogP contribution in [0.15, 0.2) is 30.5 Å². The molecule has 0 aliphatic carbocycles. The number of para-hydroxylation sites is 1. The zero-order chi connectivity index (χ0) is 13.1. The fourth-order valence-electron chi connectivity index (χ4n) is 1.47. The van der Waals surface area contributed by atoms with Gasteiger partial charge in [-0.2, -0.15) is 0 Å². The number of carboxylic acid groups (broad SMARTS) is 1. The molecule has 0 bridgehead atoms. The van der Waals surface area contributed by atoms with Crippen LogP contribution in [-0.2, 0) is 7.05 Å². The number of carbonyl (C=O) groups excluding carboxylic acids is 1. The molecule has 0 amide bonds. The molecule has 1 N–H and O–H groups in total. The molecule has 6 nitrogen and oxygen atoms in total. The van der Waals surface area contributed by atoms with E-state index >= 15 is 0 Å². The standard InChI is InChI=1S/C12H10N2O4/c1-14-6-9(12(16)17)11(13-14)18-10-5-3-2-4-8(10)7-15/h2-7H,1H3,(H,16,17). The number of aldehydes is 1. The summed E-state index contributed by atoms with van der Waals surface area (Å²) in [6.45, 7) is 0. The summed E-state index contributed by atoms with van der Waals surface area (Å²) in [5.74, 6) is -0.908. The third kappa shape index (κ3) is 2.22. The number of carboxylic acids is 1. The van der Waals surface area contributed by atoms with Gasteiger partial charge in [-0.1, -0.05) is 12.1 Å². The lowest BCUT2D eigenvalue weighted by atomic mass is 10.2. The van der Waals surface area contributed by atoms with E-state index in [1.165, 1.54) is 10.9 Å². The second-order valence-electron chi connectivity index (χ2n) is 3.58. The van der Waals surface area contributed by atoms with E-state index in [9.17, 15) is 9.59 Å². The Labute approximate surface area is 102 Å². The summed E-state index contributed by atoms with van der Waals surface area (Å²) in [5, 5.41) is 12.9. The number of aromatic carboxylic acids is 1. The zero-order valence-electron chi connectivity index (χ0n) is 9.53. The molecule has 92 valence electrons. The van der Waals surface area contributed by atoms with E-state index in [4.69, 9.17) is 9.84 Å². The maximum absolute atomic E-state index is 11.0. The maximum atomic E-state index is 11.0. The van der Waals surface area contributed by atoms with E-state index in [0.717, 1.165) is 0 Å². The van der Waals surface area contributed by atoms with Gasteiger partial charge in [-0.05, 0) is 12.1 Å². The second kappa shape index (κ2) is 4.70. The molecule has 18 heavy (non-hydrogen) atoms. The molecule has 2 aromatic rings. The average molecular weight is 246 g/mol. The lowest BCUT2D eigenvalue weighted by Gasteiger charge is -2.05. The number of aromatic nitrogens is 2. The van der Waals surface area contributed by atoms with E-state index in [1.54, 1.807) is 31.3 Å². The Kier molecular flexibility index (Phi) is 3.09. The van der Waals surface area contributed by atoms with Gasteiger partial charge in [-0.15, -0.1) is 5.10 Å². The summed E-state index contributed by atoms with van der Waals surface area (Å²) in [5.41, 5.74) is 0.276. The van der Waals surface area contributed by atoms with Crippen LogP contribution < -0.4 is 4.74 Å². The van der Waals surface area contributed by atoms with Gasteiger partial charge in [-0.3, -0.25) is 9.48 Å². The largest absolute Gasteiger partial charge is 0.477 e. The third-order valence-corrected chi connectivity index (χ3v) is 2.28. The SMILES string of the molecule is Cn1cc(C(=O)O)c(Oc2ccccc2C=O)n1. The highest BCUT2D eigenvalue weighted by Crippen LogP contribution is 2.25. The molecule has 0 aliphatic rings. The summed E-state index contributed by atoms with van der Waals surface area (Å²) < 4.78 is 6.71. The topological polar surface area (TPSA) is 81.4 Å². The Morgan fingerprint density at radius 2 is 2.17 bits per heavy atom. The van der Waals surface area contributed by atoms with Gasteiger partial charge in [0.1, 0.15) is 11.3 Å². The zero-order valence-corrected chi connectivity index (χ0v) is 9.53. The highest BCUT2D eigenvalue weighted by Gasteiger charge is 2.17. The highest BCUT2D eigenvalue weighted by molar-refractivity contribution is 5.90. The average Bonchev–Trinajstić information content (AvgIpc) is 2.71. The predicted octanol–water partition coefficient (Wildman–Crippen LogP) is 1.72. The molecule has 0 unspecified atom stereocenters. The maximum Gasteiger partial charge on any atom is 0.342 e. The first-order valence-electron chi connectivity index (χ1n) is 5.11. The van der Waals surface area contributed by atoms with Gasteiger partial charge < -0.3 is 9.84 Å². The van der Waals surface area contributed by atoms with Crippen LogP contribution in [0, 0.1) is 0 Å². The van der Waals surface area contributed by atoms with E-state index in [-0.39, 0.29) is 17.2 Å². The van der Waals surface area contributed by atoms with Crippen LogP contribution in [0.2, 0.25) is 0 Å². The minimum Gasteiger partial charge on any atom is -0.477 e. The summed E-state index contributed by atoms with van der Waals surface area (Å²) in [6.07, 6.45) is 1.97. The number of aryl methyl sites for hydroxylation is 1. The lowest BCUT2D eigenvalue weighted by molar-refractivity contribution is 0.0694. The first kappa shape index (κ1) is 11.8. The second-order valence-corrected chi connectivity index (χ2v) is 3.58. The summed E-state index contributed by atoms with van der Waals surface area (Å²) >= 11 is 0. The molecule has 0 fully saturated rings. The quantitative estimate of drug-likeness (QED) is 0.830. The van der Waals surface area contributed by atoms with Crippen LogP contribution in [0.1, 0.15) is 20.7 Å². The molecule has 0 spiro atoms. The van der Waals surface area contributed by atoms with Crippen molar-refractivity contribution in [2.75, 3.05) is 0 Å². The minimum absolute atomic E-state index is 0.0423. The molecule has 6 heteroatoms. The fourth-order valence-corrected chi connectivity index (χ4v) is 1.47. The highest BCUT2D eigenvalue weighted by atomic mass is 16.5. The van der Waals surface area contributed by atoms with Gasteiger partial charge in [0.15, 0.2) is 6.29 Å². The fraction of sp³-hybridized carbons (Fsp3) is 0.0833. The Hall–Kier alpha value is -2.63. The number of hydrogen-bond donors (Lipinski definition) is 1. The molecule has 0 aliphatic heterocycles. The van der Waals surface area contributed by atoms with Crippen molar-refractivity contribution in [1.29, 1.82) is 0 Å². The van der Waals surface area contributed by atoms with Crippen molar-refractivity contribution in [2.24, 2.45) is 7.05 Å². The number of nitrogens with zero attached hydrogens (tertiary/aromatic N) is 2. The van der Waals surface area contributed by atoms with Crippen molar-refractivity contribution in [1.82, 2.24) is 9.78 Å². The Balaban J connectivity index is 2.39. The van der Waals surface area contributed by atoms with Crippen LogP contribution in [0.25, 0.3) is 0 Å². The van der Waals surface area contributed by atoms with Crippen molar-refractivity contribution in [3.63, 3.8) is 0 Å². The van der Waals surface area contributed by atoms with Gasteiger partial charge in [0.05, 0.1) is 5.56 Å². The molecule has 0 saturated heterocycles. The summed E-state index contributed by atoms with van der Waals surface area (Å²) in [4.78, 5) is 21.8. The van der Waals surface area contributed by atoms with Gasteiger partial charge >= 0.3 is 5.97 Å². The first-order chi connectivity index (χ1) is 8.61. The van der Waals surface area contributed by atoms with E-state index in [0.29, 0.717) is 11.8 Å². The van der Waals surface area contributed by atoms with Crippen molar-refractivity contribution in [2.45, 2.75) is 0 Å². The Morgan fingerprint density at radius 1 is 1.44 bits per heavy atom. The molecular formula is C12H10N2O4. The number of ether oxygens (including phenoxy) is 1. The molecule has 0 radical (unpaired) electrons. The molecule has 2 rings (SSSR count). The van der Waals surface area contributed by atoms with Gasteiger partial charge in [0.25, 0.3) is 5.88 Å². The number of rotatable bonds is 4. The predicted molar refractivity (Wildman–Crippen MR) is 62.1 cm³/mol. The first-order valence-corrected chi connectivity index (χ1v) is 5.11. The van der Waals surface area contributed by atoms with Crippen LogP contribution in [-0.4, -0.2) is 27.1 Å². The van der Waals surface area contributed by atoms with Crippen LogP contribution in [0.3, 0.4) is 0 Å². The van der Waals surface area contributed by atoms with E-state index in [2.05, 4.69) is 5.10 Å². The number of hydrogen-bond acceptors (Lipinski definition) is 4. The third-order valence-electron chi connectivity index (χ3n) is 2.28. The number of carbonyl (C=O) groups is 2. The van der Waals surface area contributed by atoms with Gasteiger partial charge in [0.2, 0.25) is 0 Å². The number of benzene rings is 1. The van der Waals surface area contributed by atoms with E-state index < -0.39 is 5.97 Å². The van der Waals surface area contributed by atoms with Crippen LogP contribution >= 0.6 is 0 Å². The molecule has 1 aromatic heterocycles. The Bertz CT molecular complexity index is 604. The van der Waals surface area contributed by atoms with Gasteiger partial charge in [0, 0.05) is 13.2 Å². The van der Waals surface area contributed by atoms with Crippen LogP contribution in [0.5, 0.6) is 11.6 Å².